The molecule has 0 fully saturated rings. The molecule has 0 spiro atoms. The molecule has 0 unspecified atom stereocenters. The Balaban J connectivity index is 1.97. The number of carbonyl (C=O) groups is 1. The van der Waals surface area contributed by atoms with Crippen LogP contribution in [0.4, 0.5) is 4.79 Å². The molecule has 1 heterocycles. The second-order valence-corrected chi connectivity index (χ2v) is 8.68. The Hall–Kier alpha value is -1.86. The molecule has 0 aromatic heterocycles. The molecule has 0 aliphatic carbocycles. The van der Waals surface area contributed by atoms with Crippen LogP contribution in [0.3, 0.4) is 0 Å². The molecular weight excluding hydrogens is 338 g/mol. The number of sulfonamides is 1. The Morgan fingerprint density at radius 3 is 2.48 bits per heavy atom. The zero-order valence-electron chi connectivity index (χ0n) is 15.3. The Labute approximate surface area is 150 Å². The Bertz CT molecular complexity index is 739. The van der Waals surface area contributed by atoms with E-state index in [0.717, 1.165) is 18.5 Å². The van der Waals surface area contributed by atoms with Crippen molar-refractivity contribution in [3.63, 3.8) is 0 Å². The van der Waals surface area contributed by atoms with Crippen LogP contribution in [0.2, 0.25) is 0 Å². The number of rotatable bonds is 5. The summed E-state index contributed by atoms with van der Waals surface area (Å²) in [6.07, 6.45) is 3.03. The molecule has 0 saturated heterocycles. The average molecular weight is 365 g/mol. The fourth-order valence-corrected chi connectivity index (χ4v) is 3.96. The fourth-order valence-electron chi connectivity index (χ4n) is 2.60. The number of urea groups is 1. The van der Waals surface area contributed by atoms with Crippen molar-refractivity contribution in [3.8, 4) is 0 Å². The van der Waals surface area contributed by atoms with E-state index in [1.165, 1.54) is 9.88 Å². The van der Waals surface area contributed by atoms with Gasteiger partial charge in [-0.3, -0.25) is 0 Å². The van der Waals surface area contributed by atoms with Gasteiger partial charge in [0.25, 0.3) is 0 Å². The maximum Gasteiger partial charge on any atom is 0.317 e. The summed E-state index contributed by atoms with van der Waals surface area (Å²) in [5, 5.41) is 2.89. The topological polar surface area (TPSA) is 69.7 Å². The number of hydrogen-bond donors (Lipinski definition) is 1. The third-order valence-corrected chi connectivity index (χ3v) is 6.44. The molecule has 0 saturated carbocycles. The number of nitrogens with zero attached hydrogens (tertiary/aromatic N) is 2. The van der Waals surface area contributed by atoms with Gasteiger partial charge in [-0.25, -0.2) is 13.2 Å². The van der Waals surface area contributed by atoms with Crippen molar-refractivity contribution in [2.45, 2.75) is 44.7 Å². The van der Waals surface area contributed by atoms with Crippen LogP contribution in [0.1, 0.15) is 32.8 Å². The van der Waals surface area contributed by atoms with Gasteiger partial charge >= 0.3 is 6.03 Å². The molecule has 138 valence electrons. The zero-order valence-corrected chi connectivity index (χ0v) is 16.1. The number of hydrogen-bond acceptors (Lipinski definition) is 3. The van der Waals surface area contributed by atoms with E-state index in [2.05, 4.69) is 11.4 Å². The smallest absolute Gasteiger partial charge is 0.317 e. The van der Waals surface area contributed by atoms with Crippen LogP contribution in [0.25, 0.3) is 0 Å². The van der Waals surface area contributed by atoms with Crippen LogP contribution in [-0.2, 0) is 16.6 Å². The van der Waals surface area contributed by atoms with Crippen LogP contribution >= 0.6 is 0 Å². The molecule has 2 rings (SSSR count). The van der Waals surface area contributed by atoms with Crippen molar-refractivity contribution < 1.29 is 13.2 Å². The summed E-state index contributed by atoms with van der Waals surface area (Å²) in [7, 11) is -1.91. The molecule has 1 aromatic carbocycles. The van der Waals surface area contributed by atoms with Crippen molar-refractivity contribution in [1.29, 1.82) is 0 Å². The highest BCUT2D eigenvalue weighted by Crippen LogP contribution is 2.17. The van der Waals surface area contributed by atoms with E-state index >= 15 is 0 Å². The summed E-state index contributed by atoms with van der Waals surface area (Å²) < 4.78 is 26.2. The standard InChI is InChI=1S/C18H27N3O3S/c1-14(2)20(4)25(23,24)17-9-7-16(8-10-17)12-19-18(22)21-11-5-6-15(3)13-21/h6-10,14H,5,11-13H2,1-4H3,(H,19,22). The molecule has 7 heteroatoms. The lowest BCUT2D eigenvalue weighted by Crippen LogP contribution is -2.42. The van der Waals surface area contributed by atoms with Crippen LogP contribution in [-0.4, -0.2) is 49.8 Å². The average Bonchev–Trinajstić information content (AvgIpc) is 2.59. The predicted octanol–water partition coefficient (Wildman–Crippen LogP) is 2.58. The molecule has 1 aromatic rings. The second-order valence-electron chi connectivity index (χ2n) is 6.68. The number of nitrogens with one attached hydrogen (secondary N) is 1. The first kappa shape index (κ1) is 19.5. The van der Waals surface area contributed by atoms with Crippen LogP contribution < -0.4 is 5.32 Å². The molecule has 0 bridgehead atoms. The molecule has 25 heavy (non-hydrogen) atoms. The Morgan fingerprint density at radius 2 is 1.92 bits per heavy atom. The maximum atomic E-state index is 12.4. The van der Waals surface area contributed by atoms with Gasteiger partial charge < -0.3 is 10.2 Å². The van der Waals surface area contributed by atoms with Gasteiger partial charge in [0.1, 0.15) is 0 Å². The minimum absolute atomic E-state index is 0.0938. The summed E-state index contributed by atoms with van der Waals surface area (Å²) in [4.78, 5) is 14.2. The molecule has 1 N–H and O–H groups in total. The van der Waals surface area contributed by atoms with E-state index in [1.54, 1.807) is 36.2 Å². The number of carbonyl (C=O) groups excluding carboxylic acids is 1. The normalized spacial score (nSPS) is 15.4. The summed E-state index contributed by atoms with van der Waals surface area (Å²) in [6, 6.07) is 6.45. The van der Waals surface area contributed by atoms with Gasteiger partial charge in [0, 0.05) is 32.7 Å². The van der Waals surface area contributed by atoms with Gasteiger partial charge in [0.2, 0.25) is 10.0 Å². The molecule has 6 nitrogen and oxygen atoms in total. The van der Waals surface area contributed by atoms with Gasteiger partial charge in [-0.2, -0.15) is 4.31 Å². The number of amides is 2. The first-order chi connectivity index (χ1) is 11.7. The summed E-state index contributed by atoms with van der Waals surface area (Å²) in [5.74, 6) is 0. The second kappa shape index (κ2) is 8.01. The van der Waals surface area contributed by atoms with Gasteiger partial charge in [0.05, 0.1) is 4.90 Å². The lowest BCUT2D eigenvalue weighted by atomic mass is 10.1. The summed E-state index contributed by atoms with van der Waals surface area (Å²) in [6.45, 7) is 7.44. The molecule has 1 aliphatic rings. The first-order valence-corrected chi connectivity index (χ1v) is 9.91. The van der Waals surface area contributed by atoms with Crippen molar-refractivity contribution in [2.24, 2.45) is 0 Å². The van der Waals surface area contributed by atoms with Crippen LogP contribution in [0.5, 0.6) is 0 Å². The van der Waals surface area contributed by atoms with Crippen molar-refractivity contribution in [1.82, 2.24) is 14.5 Å². The predicted molar refractivity (Wildman–Crippen MR) is 98.7 cm³/mol. The van der Waals surface area contributed by atoms with Gasteiger partial charge in [-0.05, 0) is 44.9 Å². The quantitative estimate of drug-likeness (QED) is 0.816. The minimum Gasteiger partial charge on any atom is -0.334 e. The minimum atomic E-state index is -3.48. The molecule has 1 aliphatic heterocycles. The fraction of sp³-hybridized carbons (Fsp3) is 0.500. The Kier molecular flexibility index (Phi) is 6.24. The summed E-state index contributed by atoms with van der Waals surface area (Å²) in [5.41, 5.74) is 2.06. The highest BCUT2D eigenvalue weighted by Gasteiger charge is 2.23. The third-order valence-electron chi connectivity index (χ3n) is 4.39. The summed E-state index contributed by atoms with van der Waals surface area (Å²) >= 11 is 0. The maximum absolute atomic E-state index is 12.4. The molecule has 0 radical (unpaired) electrons. The molecule has 0 atom stereocenters. The van der Waals surface area contributed by atoms with Gasteiger partial charge in [-0.15, -0.1) is 0 Å². The van der Waals surface area contributed by atoms with Crippen LogP contribution in [0.15, 0.2) is 40.8 Å². The van der Waals surface area contributed by atoms with E-state index < -0.39 is 10.0 Å². The number of benzene rings is 1. The monoisotopic (exact) mass is 365 g/mol. The van der Waals surface area contributed by atoms with Crippen LogP contribution in [0, 0.1) is 0 Å². The van der Waals surface area contributed by atoms with Crippen molar-refractivity contribution in [3.05, 3.63) is 41.5 Å². The largest absolute Gasteiger partial charge is 0.334 e. The van der Waals surface area contributed by atoms with E-state index in [1.807, 2.05) is 20.8 Å². The van der Waals surface area contributed by atoms with Crippen molar-refractivity contribution >= 4 is 16.1 Å². The van der Waals surface area contributed by atoms with E-state index in [0.29, 0.717) is 13.1 Å². The third kappa shape index (κ3) is 4.83. The van der Waals surface area contributed by atoms with Gasteiger partial charge in [-0.1, -0.05) is 23.8 Å². The molecular formula is C18H27N3O3S. The lowest BCUT2D eigenvalue weighted by Gasteiger charge is -2.26. The highest BCUT2D eigenvalue weighted by molar-refractivity contribution is 7.89. The SMILES string of the molecule is CC1=CCCN(C(=O)NCc2ccc(S(=O)(=O)N(C)C(C)C)cc2)C1. The van der Waals surface area contributed by atoms with E-state index in [4.69, 9.17) is 0 Å². The first-order valence-electron chi connectivity index (χ1n) is 8.47. The zero-order chi connectivity index (χ0) is 18.6. The lowest BCUT2D eigenvalue weighted by molar-refractivity contribution is 0.200. The van der Waals surface area contributed by atoms with Crippen molar-refractivity contribution in [2.75, 3.05) is 20.1 Å². The molecule has 2 amide bonds. The Morgan fingerprint density at radius 1 is 1.28 bits per heavy atom. The van der Waals surface area contributed by atoms with E-state index in [9.17, 15) is 13.2 Å². The van der Waals surface area contributed by atoms with Gasteiger partial charge in [0.15, 0.2) is 0 Å². The highest BCUT2D eigenvalue weighted by atomic mass is 32.2. The van der Waals surface area contributed by atoms with E-state index in [-0.39, 0.29) is 17.0 Å².